The lowest BCUT2D eigenvalue weighted by molar-refractivity contribution is -0.00889. The van der Waals surface area contributed by atoms with Crippen LogP contribution in [-0.4, -0.2) is 41.5 Å². The summed E-state index contributed by atoms with van der Waals surface area (Å²) in [7, 11) is 0. The number of rotatable bonds is 3. The number of hydrogen-bond donors (Lipinski definition) is 0. The van der Waals surface area contributed by atoms with Crippen molar-refractivity contribution in [1.82, 2.24) is 9.80 Å². The molecule has 4 aliphatic heterocycles. The highest BCUT2D eigenvalue weighted by molar-refractivity contribution is 5.30. The van der Waals surface area contributed by atoms with Gasteiger partial charge >= 0.3 is 0 Å². The molecule has 27 heavy (non-hydrogen) atoms. The first-order chi connectivity index (χ1) is 13.1. The number of nitrogens with zero attached hydrogens (tertiary/aromatic N) is 2. The summed E-state index contributed by atoms with van der Waals surface area (Å²) in [5.74, 6) is -1.19. The van der Waals surface area contributed by atoms with Crippen LogP contribution in [-0.2, 0) is 6.54 Å². The quantitative estimate of drug-likeness (QED) is 0.798. The van der Waals surface area contributed by atoms with Crippen LogP contribution >= 0.6 is 0 Å². The minimum atomic E-state index is -0.774. The molecule has 5 heteroatoms. The minimum absolute atomic E-state index is 0.0534. The Morgan fingerprint density at radius 3 is 2.48 bits per heavy atom. The molecule has 4 aliphatic rings. The van der Waals surface area contributed by atoms with E-state index < -0.39 is 11.6 Å². The molecular weight excluding hydrogens is 349 g/mol. The van der Waals surface area contributed by atoms with E-state index in [0.29, 0.717) is 30.6 Å². The maximum atomic E-state index is 14.6. The third-order valence-electron chi connectivity index (χ3n) is 6.75. The van der Waals surface area contributed by atoms with Crippen molar-refractivity contribution in [1.29, 1.82) is 0 Å². The first-order valence-electron chi connectivity index (χ1n) is 9.78. The molecule has 2 aromatic rings. The molecule has 0 N–H and O–H groups in total. The Morgan fingerprint density at radius 1 is 0.926 bits per heavy atom. The lowest BCUT2D eigenvalue weighted by atomic mass is 9.75. The molecule has 0 aliphatic carbocycles. The van der Waals surface area contributed by atoms with E-state index in [1.807, 2.05) is 6.07 Å². The Morgan fingerprint density at radius 2 is 1.70 bits per heavy atom. The molecule has 0 radical (unpaired) electrons. The van der Waals surface area contributed by atoms with Crippen LogP contribution in [0.3, 0.4) is 0 Å². The fourth-order valence-corrected chi connectivity index (χ4v) is 5.67. The maximum absolute atomic E-state index is 14.6. The molecule has 4 saturated heterocycles. The average Bonchev–Trinajstić information content (AvgIpc) is 3.06. The van der Waals surface area contributed by atoms with Gasteiger partial charge in [0.2, 0.25) is 0 Å². The molecular formula is C22H23F3N2. The summed E-state index contributed by atoms with van der Waals surface area (Å²) in [4.78, 5) is 4.84. The number of benzene rings is 2. The molecule has 142 valence electrons. The van der Waals surface area contributed by atoms with Crippen molar-refractivity contribution in [3.05, 3.63) is 71.0 Å². The van der Waals surface area contributed by atoms with E-state index >= 15 is 0 Å². The largest absolute Gasteiger partial charge is 0.298 e. The Hall–Kier alpha value is -1.85. The number of piperidine rings is 3. The molecule has 0 spiro atoms. The molecule has 4 fully saturated rings. The SMILES string of the molecule is Fc1cccc(CN2C[C@@H](c3cccc(F)c3F)[C@@H]3[C@H]2C2CCN3CC2)c1. The third-order valence-corrected chi connectivity index (χ3v) is 6.75. The zero-order chi connectivity index (χ0) is 18.5. The van der Waals surface area contributed by atoms with Gasteiger partial charge in [-0.1, -0.05) is 24.3 Å². The lowest BCUT2D eigenvalue weighted by Crippen LogP contribution is -2.60. The smallest absolute Gasteiger partial charge is 0.162 e. The van der Waals surface area contributed by atoms with Crippen molar-refractivity contribution in [3.8, 4) is 0 Å². The number of fused-ring (bicyclic) bond motifs is 2. The second-order valence-corrected chi connectivity index (χ2v) is 8.16. The van der Waals surface area contributed by atoms with Gasteiger partial charge in [0.25, 0.3) is 0 Å². The first-order valence-corrected chi connectivity index (χ1v) is 9.78. The van der Waals surface area contributed by atoms with E-state index in [4.69, 9.17) is 0 Å². The topological polar surface area (TPSA) is 6.48 Å². The second kappa shape index (κ2) is 6.64. The Balaban J connectivity index is 1.51. The van der Waals surface area contributed by atoms with E-state index in [2.05, 4.69) is 9.80 Å². The summed E-state index contributed by atoms with van der Waals surface area (Å²) in [5.41, 5.74) is 1.42. The highest BCUT2D eigenvalue weighted by Crippen LogP contribution is 2.47. The first kappa shape index (κ1) is 17.3. The van der Waals surface area contributed by atoms with Gasteiger partial charge in [0.15, 0.2) is 11.6 Å². The van der Waals surface area contributed by atoms with Crippen LogP contribution in [0.2, 0.25) is 0 Å². The van der Waals surface area contributed by atoms with Crippen molar-refractivity contribution in [2.75, 3.05) is 19.6 Å². The van der Waals surface area contributed by atoms with Gasteiger partial charge in [0.05, 0.1) is 0 Å². The molecule has 6 rings (SSSR count). The summed E-state index contributed by atoms with van der Waals surface area (Å²) in [6.45, 7) is 3.40. The molecule has 0 unspecified atom stereocenters. The fourth-order valence-electron chi connectivity index (χ4n) is 5.67. The predicted octanol–water partition coefficient (Wildman–Crippen LogP) is 4.17. The average molecular weight is 372 g/mol. The van der Waals surface area contributed by atoms with Gasteiger partial charge in [-0.15, -0.1) is 0 Å². The number of halogens is 3. The van der Waals surface area contributed by atoms with Crippen LogP contribution in [0.25, 0.3) is 0 Å². The van der Waals surface area contributed by atoms with Gasteiger partial charge in [-0.3, -0.25) is 9.80 Å². The monoisotopic (exact) mass is 372 g/mol. The molecule has 2 aromatic carbocycles. The highest BCUT2D eigenvalue weighted by Gasteiger charge is 2.53. The van der Waals surface area contributed by atoms with Crippen molar-refractivity contribution in [2.45, 2.75) is 37.4 Å². The second-order valence-electron chi connectivity index (χ2n) is 8.16. The molecule has 0 aromatic heterocycles. The van der Waals surface area contributed by atoms with Gasteiger partial charge in [-0.25, -0.2) is 13.2 Å². The van der Waals surface area contributed by atoms with E-state index in [-0.39, 0.29) is 17.8 Å². The Bertz CT molecular complexity index is 847. The van der Waals surface area contributed by atoms with Gasteiger partial charge in [0, 0.05) is 31.1 Å². The molecule has 3 atom stereocenters. The molecule has 2 bridgehead atoms. The van der Waals surface area contributed by atoms with Crippen molar-refractivity contribution >= 4 is 0 Å². The summed E-state index contributed by atoms with van der Waals surface area (Å²) in [5, 5.41) is 0. The fraction of sp³-hybridized carbons (Fsp3) is 0.455. The molecule has 0 amide bonds. The van der Waals surface area contributed by atoms with Crippen LogP contribution in [0.15, 0.2) is 42.5 Å². The van der Waals surface area contributed by atoms with Gasteiger partial charge in [-0.2, -0.15) is 0 Å². The van der Waals surface area contributed by atoms with E-state index in [1.54, 1.807) is 24.3 Å². The van der Waals surface area contributed by atoms with Gasteiger partial charge in [-0.05, 0) is 61.2 Å². The Labute approximate surface area is 157 Å². The molecule has 2 nitrogen and oxygen atoms in total. The lowest BCUT2D eigenvalue weighted by Gasteiger charge is -2.51. The standard InChI is InChI=1S/C22H23F3N2/c23-16-4-1-3-14(11-16)12-27-13-18(17-5-2-6-19(24)20(17)25)22-21(27)15-7-9-26(22)10-8-15/h1-6,11,15,18,21-22H,7-10,12-13H2/t18-,21+,22+/m0/s1. The number of likely N-dealkylation sites (tertiary alicyclic amines) is 1. The molecule has 0 saturated carbocycles. The van der Waals surface area contributed by atoms with Crippen molar-refractivity contribution < 1.29 is 13.2 Å². The summed E-state index contributed by atoms with van der Waals surface area (Å²) in [6.07, 6.45) is 2.30. The van der Waals surface area contributed by atoms with Crippen LogP contribution in [0.1, 0.15) is 29.9 Å². The zero-order valence-electron chi connectivity index (χ0n) is 15.1. The third kappa shape index (κ3) is 2.88. The predicted molar refractivity (Wildman–Crippen MR) is 97.8 cm³/mol. The van der Waals surface area contributed by atoms with Crippen molar-refractivity contribution in [2.24, 2.45) is 5.92 Å². The minimum Gasteiger partial charge on any atom is -0.298 e. The summed E-state index contributed by atoms with van der Waals surface area (Å²) in [6, 6.07) is 11.8. The summed E-state index contributed by atoms with van der Waals surface area (Å²) >= 11 is 0. The van der Waals surface area contributed by atoms with Crippen LogP contribution < -0.4 is 0 Å². The number of hydrogen-bond acceptors (Lipinski definition) is 2. The van der Waals surface area contributed by atoms with Crippen LogP contribution in [0, 0.1) is 23.4 Å². The van der Waals surface area contributed by atoms with Gasteiger partial charge in [0.1, 0.15) is 5.82 Å². The zero-order valence-corrected chi connectivity index (χ0v) is 15.1. The normalized spacial score (nSPS) is 32.6. The highest BCUT2D eigenvalue weighted by atomic mass is 19.2. The van der Waals surface area contributed by atoms with E-state index in [0.717, 1.165) is 31.5 Å². The van der Waals surface area contributed by atoms with Gasteiger partial charge < -0.3 is 0 Å². The Kier molecular flexibility index (Phi) is 4.25. The van der Waals surface area contributed by atoms with E-state index in [1.165, 1.54) is 12.1 Å². The maximum Gasteiger partial charge on any atom is 0.162 e. The van der Waals surface area contributed by atoms with E-state index in [9.17, 15) is 13.2 Å². The van der Waals surface area contributed by atoms with Crippen LogP contribution in [0.5, 0.6) is 0 Å². The van der Waals surface area contributed by atoms with Crippen molar-refractivity contribution in [3.63, 3.8) is 0 Å². The van der Waals surface area contributed by atoms with Crippen LogP contribution in [0.4, 0.5) is 13.2 Å². The summed E-state index contributed by atoms with van der Waals surface area (Å²) < 4.78 is 42.1. The molecule has 4 heterocycles.